The van der Waals surface area contributed by atoms with E-state index < -0.39 is 0 Å². The fraction of sp³-hybridized carbons (Fsp3) is 0.462. The number of methoxy groups -OCH3 is 2. The minimum absolute atomic E-state index is 0.198. The van der Waals surface area contributed by atoms with Gasteiger partial charge in [-0.1, -0.05) is 25.8 Å². The van der Waals surface area contributed by atoms with Crippen molar-refractivity contribution in [2.45, 2.75) is 52.0 Å². The Morgan fingerprint density at radius 3 is 2.58 bits per heavy atom. The molecule has 0 saturated carbocycles. The molecule has 1 atom stereocenters. The van der Waals surface area contributed by atoms with Gasteiger partial charge in [-0.05, 0) is 61.1 Å². The summed E-state index contributed by atoms with van der Waals surface area (Å²) in [5.74, 6) is 3.38. The van der Waals surface area contributed by atoms with Gasteiger partial charge in [0, 0.05) is 23.4 Å². The zero-order chi connectivity index (χ0) is 21.5. The molecule has 2 aromatic carbocycles. The van der Waals surface area contributed by atoms with Crippen molar-refractivity contribution in [1.29, 1.82) is 0 Å². The fourth-order valence-corrected chi connectivity index (χ4v) is 5.36. The number of fused-ring (bicyclic) bond motifs is 5. The summed E-state index contributed by atoms with van der Waals surface area (Å²) >= 11 is 0. The van der Waals surface area contributed by atoms with Crippen LogP contribution < -0.4 is 18.9 Å². The molecule has 3 heterocycles. The number of benzene rings is 2. The van der Waals surface area contributed by atoms with Crippen LogP contribution in [0.2, 0.25) is 0 Å². The molecule has 0 aliphatic carbocycles. The number of allylic oxidation sites excluding steroid dienone is 1. The third-order valence-corrected chi connectivity index (χ3v) is 6.87. The average Bonchev–Trinajstić information content (AvgIpc) is 3.25. The summed E-state index contributed by atoms with van der Waals surface area (Å²) in [5.41, 5.74) is 7.92. The lowest BCUT2D eigenvalue weighted by molar-refractivity contribution is 0.174. The molecule has 0 spiro atoms. The molecule has 0 fully saturated rings. The van der Waals surface area contributed by atoms with Gasteiger partial charge in [0.2, 0.25) is 6.79 Å². The van der Waals surface area contributed by atoms with Gasteiger partial charge in [-0.15, -0.1) is 0 Å². The van der Waals surface area contributed by atoms with E-state index in [0.29, 0.717) is 6.79 Å². The molecule has 0 N–H and O–H groups in total. The van der Waals surface area contributed by atoms with Crippen LogP contribution in [0.25, 0.3) is 11.3 Å². The average molecular weight is 422 g/mol. The van der Waals surface area contributed by atoms with Crippen molar-refractivity contribution in [2.24, 2.45) is 0 Å². The molecule has 0 bridgehead atoms. The van der Waals surface area contributed by atoms with Crippen molar-refractivity contribution >= 4 is 11.3 Å². The lowest BCUT2D eigenvalue weighted by Crippen LogP contribution is -2.36. The molecule has 2 aromatic rings. The first kappa shape index (κ1) is 20.1. The largest absolute Gasteiger partial charge is 0.493 e. The molecule has 0 amide bonds. The van der Waals surface area contributed by atoms with Crippen LogP contribution in [-0.4, -0.2) is 32.5 Å². The summed E-state index contributed by atoms with van der Waals surface area (Å²) in [6.45, 7) is 5.81. The first-order valence-electron chi connectivity index (χ1n) is 11.4. The van der Waals surface area contributed by atoms with Gasteiger partial charge in [-0.25, -0.2) is 0 Å². The third kappa shape index (κ3) is 3.13. The monoisotopic (exact) mass is 421 g/mol. The first-order valence-corrected chi connectivity index (χ1v) is 11.4. The Hall–Kier alpha value is -2.82. The lowest BCUT2D eigenvalue weighted by Gasteiger charge is -2.44. The second-order valence-electron chi connectivity index (χ2n) is 8.53. The van der Waals surface area contributed by atoms with Crippen LogP contribution in [0.1, 0.15) is 67.8 Å². The summed E-state index contributed by atoms with van der Waals surface area (Å²) in [5, 5.41) is 0. The molecule has 5 heteroatoms. The number of ether oxygens (including phenoxy) is 4. The SMILES string of the molecule is CCCCCC1=C2c3cc4c(cc3CCN2[C@H](C)c2c1ccc(OC)c2OC)OCO4. The van der Waals surface area contributed by atoms with E-state index in [-0.39, 0.29) is 6.04 Å². The highest BCUT2D eigenvalue weighted by Crippen LogP contribution is 2.53. The molecule has 3 aliphatic rings. The summed E-state index contributed by atoms with van der Waals surface area (Å²) in [7, 11) is 3.45. The van der Waals surface area contributed by atoms with Crippen molar-refractivity contribution in [2.75, 3.05) is 27.6 Å². The van der Waals surface area contributed by atoms with Crippen LogP contribution in [0.15, 0.2) is 24.3 Å². The van der Waals surface area contributed by atoms with E-state index in [1.54, 1.807) is 14.2 Å². The highest BCUT2D eigenvalue weighted by atomic mass is 16.7. The molecule has 3 aliphatic heterocycles. The van der Waals surface area contributed by atoms with E-state index in [4.69, 9.17) is 18.9 Å². The van der Waals surface area contributed by atoms with Gasteiger partial charge in [0.25, 0.3) is 0 Å². The van der Waals surface area contributed by atoms with Gasteiger partial charge in [-0.3, -0.25) is 0 Å². The van der Waals surface area contributed by atoms with Crippen LogP contribution in [0.4, 0.5) is 0 Å². The zero-order valence-corrected chi connectivity index (χ0v) is 18.9. The van der Waals surface area contributed by atoms with Gasteiger partial charge in [0.1, 0.15) is 0 Å². The predicted molar refractivity (Wildman–Crippen MR) is 122 cm³/mol. The molecule has 164 valence electrons. The number of rotatable bonds is 6. The molecule has 0 radical (unpaired) electrons. The second-order valence-corrected chi connectivity index (χ2v) is 8.53. The fourth-order valence-electron chi connectivity index (χ4n) is 5.36. The van der Waals surface area contributed by atoms with Crippen LogP contribution in [0.3, 0.4) is 0 Å². The smallest absolute Gasteiger partial charge is 0.231 e. The van der Waals surface area contributed by atoms with E-state index in [2.05, 4.69) is 36.9 Å². The van der Waals surface area contributed by atoms with Gasteiger partial charge < -0.3 is 23.8 Å². The summed E-state index contributed by atoms with van der Waals surface area (Å²) < 4.78 is 22.9. The van der Waals surface area contributed by atoms with Crippen molar-refractivity contribution < 1.29 is 18.9 Å². The van der Waals surface area contributed by atoms with Gasteiger partial charge in [-0.2, -0.15) is 0 Å². The molecule has 0 unspecified atom stereocenters. The number of unbranched alkanes of at least 4 members (excludes halogenated alkanes) is 2. The lowest BCUT2D eigenvalue weighted by atomic mass is 9.80. The molecule has 31 heavy (non-hydrogen) atoms. The topological polar surface area (TPSA) is 40.2 Å². The van der Waals surface area contributed by atoms with Crippen molar-refractivity contribution in [3.8, 4) is 23.0 Å². The first-order chi connectivity index (χ1) is 15.2. The predicted octanol–water partition coefficient (Wildman–Crippen LogP) is 5.81. The van der Waals surface area contributed by atoms with Crippen LogP contribution >= 0.6 is 0 Å². The van der Waals surface area contributed by atoms with E-state index in [9.17, 15) is 0 Å². The Morgan fingerprint density at radius 1 is 1.03 bits per heavy atom. The zero-order valence-electron chi connectivity index (χ0n) is 18.9. The Balaban J connectivity index is 1.74. The van der Waals surface area contributed by atoms with Gasteiger partial charge in [0.15, 0.2) is 23.0 Å². The maximum absolute atomic E-state index is 5.88. The molecular formula is C26H31NO4. The Bertz CT molecular complexity index is 1040. The molecular weight excluding hydrogens is 390 g/mol. The number of nitrogens with zero attached hydrogens (tertiary/aromatic N) is 1. The third-order valence-electron chi connectivity index (χ3n) is 6.87. The summed E-state index contributed by atoms with van der Waals surface area (Å²) in [6.07, 6.45) is 5.64. The molecule has 0 aromatic heterocycles. The van der Waals surface area contributed by atoms with Crippen LogP contribution in [-0.2, 0) is 6.42 Å². The maximum Gasteiger partial charge on any atom is 0.231 e. The quantitative estimate of drug-likeness (QED) is 0.550. The van der Waals surface area contributed by atoms with E-state index in [1.807, 2.05) is 6.07 Å². The highest BCUT2D eigenvalue weighted by Gasteiger charge is 2.37. The maximum atomic E-state index is 5.88. The van der Waals surface area contributed by atoms with Crippen molar-refractivity contribution in [3.05, 3.63) is 46.5 Å². The molecule has 5 rings (SSSR count). The number of hydrogen-bond acceptors (Lipinski definition) is 5. The standard InChI is InChI=1S/C26H31NO4/c1-5-6-7-8-19-18-9-10-21(28-3)26(29-4)24(18)16(2)27-12-11-17-13-22-23(31-15-30-22)14-20(17)25(19)27/h9-10,13-14,16H,5-8,11-12,15H2,1-4H3/t16-/m1/s1. The Labute approximate surface area is 184 Å². The minimum Gasteiger partial charge on any atom is -0.493 e. The Kier molecular flexibility index (Phi) is 5.20. The Morgan fingerprint density at radius 2 is 1.84 bits per heavy atom. The van der Waals surface area contributed by atoms with Crippen LogP contribution in [0, 0.1) is 0 Å². The summed E-state index contributed by atoms with van der Waals surface area (Å²) in [4.78, 5) is 2.55. The minimum atomic E-state index is 0.198. The van der Waals surface area contributed by atoms with Crippen LogP contribution in [0.5, 0.6) is 23.0 Å². The van der Waals surface area contributed by atoms with E-state index in [0.717, 1.165) is 42.4 Å². The van der Waals surface area contributed by atoms with Crippen molar-refractivity contribution in [1.82, 2.24) is 4.90 Å². The second kappa shape index (κ2) is 8.03. The number of hydrogen-bond donors (Lipinski definition) is 0. The van der Waals surface area contributed by atoms with Gasteiger partial charge in [0.05, 0.1) is 20.3 Å². The normalized spacial score (nSPS) is 18.5. The summed E-state index contributed by atoms with van der Waals surface area (Å²) in [6, 6.07) is 8.84. The molecule has 5 nitrogen and oxygen atoms in total. The van der Waals surface area contributed by atoms with Gasteiger partial charge >= 0.3 is 0 Å². The van der Waals surface area contributed by atoms with E-state index >= 15 is 0 Å². The molecule has 0 saturated heterocycles. The van der Waals surface area contributed by atoms with E-state index in [1.165, 1.54) is 52.8 Å². The highest BCUT2D eigenvalue weighted by molar-refractivity contribution is 5.95. The van der Waals surface area contributed by atoms with Crippen molar-refractivity contribution in [3.63, 3.8) is 0 Å².